The lowest BCUT2D eigenvalue weighted by molar-refractivity contribution is 0.331. The molecule has 4 rings (SSSR count). The molecule has 4 aliphatic carbocycles. The summed E-state index contributed by atoms with van der Waals surface area (Å²) in [6.45, 7) is 20.3. The molecule has 0 aromatic rings. The second kappa shape index (κ2) is 5.40. The van der Waals surface area contributed by atoms with Gasteiger partial charge in [-0.25, -0.2) is 0 Å². The topological polar surface area (TPSA) is 0 Å². The van der Waals surface area contributed by atoms with Crippen molar-refractivity contribution in [3.05, 3.63) is 12.7 Å². The Morgan fingerprint density at radius 2 is 1.17 bits per heavy atom. The van der Waals surface area contributed by atoms with Crippen molar-refractivity contribution < 1.29 is 0 Å². The maximum atomic E-state index is 4.16. The van der Waals surface area contributed by atoms with Crippen molar-refractivity contribution in [1.29, 1.82) is 0 Å². The predicted molar refractivity (Wildman–Crippen MR) is 107 cm³/mol. The minimum Gasteiger partial charge on any atom is -0.104 e. The summed E-state index contributed by atoms with van der Waals surface area (Å²) >= 11 is 0. The maximum Gasteiger partial charge on any atom is 0.150 e. The van der Waals surface area contributed by atoms with Gasteiger partial charge in [-0.15, -0.1) is 6.58 Å². The van der Waals surface area contributed by atoms with Crippen LogP contribution in [0, 0.1) is 46.3 Å². The number of allylic oxidation sites excluding steroid dienone is 1. The third-order valence-corrected chi connectivity index (χ3v) is 9.88. The fraction of sp³-hybridized carbons (Fsp3) is 0.913. The van der Waals surface area contributed by atoms with Gasteiger partial charge in [0.2, 0.25) is 0 Å². The average Bonchev–Trinajstić information content (AvgIpc) is 3.25. The van der Waals surface area contributed by atoms with Crippen LogP contribution < -0.4 is 0 Å². The predicted octanol–water partition coefficient (Wildman–Crippen LogP) is 6.81. The molecule has 1 heteroatoms. The van der Waals surface area contributed by atoms with E-state index in [-0.39, 0.29) is 0 Å². The molecular formula is C23H39B. The highest BCUT2D eigenvalue weighted by Crippen LogP contribution is 2.71. The Kier molecular flexibility index (Phi) is 3.88. The molecule has 0 saturated heterocycles. The molecule has 0 nitrogen and oxygen atoms in total. The van der Waals surface area contributed by atoms with E-state index >= 15 is 0 Å². The van der Waals surface area contributed by atoms with Crippen molar-refractivity contribution in [2.75, 3.05) is 0 Å². The smallest absolute Gasteiger partial charge is 0.104 e. The first-order valence-electron chi connectivity index (χ1n) is 10.8. The summed E-state index contributed by atoms with van der Waals surface area (Å²) < 4.78 is 0. The monoisotopic (exact) mass is 326 g/mol. The zero-order chi connectivity index (χ0) is 17.4. The highest BCUT2D eigenvalue weighted by molar-refractivity contribution is 6.62. The molecule has 0 unspecified atom stereocenters. The quantitative estimate of drug-likeness (QED) is 0.393. The van der Waals surface area contributed by atoms with Crippen molar-refractivity contribution in [2.24, 2.45) is 46.3 Å². The van der Waals surface area contributed by atoms with E-state index < -0.39 is 0 Å². The molecule has 0 spiro atoms. The van der Waals surface area contributed by atoms with E-state index in [1.165, 1.54) is 32.0 Å². The van der Waals surface area contributed by atoms with Crippen LogP contribution in [0.5, 0.6) is 0 Å². The molecule has 4 fully saturated rings. The van der Waals surface area contributed by atoms with Crippen LogP contribution in [0.2, 0.25) is 18.0 Å². The summed E-state index contributed by atoms with van der Waals surface area (Å²) in [7, 11) is 0. The molecule has 0 heterocycles. The molecule has 0 N–H and O–H groups in total. The normalized spacial score (nSPS) is 50.4. The van der Waals surface area contributed by atoms with Gasteiger partial charge in [0.15, 0.2) is 6.71 Å². The Bertz CT molecular complexity index is 476. The first-order valence-corrected chi connectivity index (χ1v) is 10.8. The molecule has 8 atom stereocenters. The zero-order valence-corrected chi connectivity index (χ0v) is 17.0. The first kappa shape index (κ1) is 17.2. The molecule has 0 radical (unpaired) electrons. The third-order valence-electron chi connectivity index (χ3n) is 9.88. The fourth-order valence-corrected chi connectivity index (χ4v) is 7.84. The van der Waals surface area contributed by atoms with Crippen LogP contribution in [0.25, 0.3) is 0 Å². The van der Waals surface area contributed by atoms with E-state index in [0.717, 1.165) is 53.9 Å². The number of hydrogen-bond acceptors (Lipinski definition) is 0. The molecule has 0 aromatic heterocycles. The molecule has 0 aliphatic heterocycles. The number of fused-ring (bicyclic) bond motifs is 2. The van der Waals surface area contributed by atoms with Crippen molar-refractivity contribution in [2.45, 2.75) is 85.2 Å². The summed E-state index contributed by atoms with van der Waals surface area (Å²) in [5, 5.41) is 0. The SMILES string of the molecule is C=CCB([C@@H]1C[C@@H]2[C@H](C[C@H]1C)C2(C)C)[C@@H]1C[C@@H]2[C@H](C[C@H]1C)C2(C)C. The van der Waals surface area contributed by atoms with Crippen molar-refractivity contribution in [1.82, 2.24) is 0 Å². The average molecular weight is 326 g/mol. The lowest BCUT2D eigenvalue weighted by Gasteiger charge is -2.41. The minimum atomic E-state index is 0.642. The van der Waals surface area contributed by atoms with Gasteiger partial charge >= 0.3 is 0 Å². The van der Waals surface area contributed by atoms with Crippen LogP contribution in [0.15, 0.2) is 12.7 Å². The fourth-order valence-electron chi connectivity index (χ4n) is 7.84. The Morgan fingerprint density at radius 3 is 1.54 bits per heavy atom. The second-order valence-electron chi connectivity index (χ2n) is 11.5. The van der Waals surface area contributed by atoms with Crippen LogP contribution in [-0.4, -0.2) is 6.71 Å². The lowest BCUT2D eigenvalue weighted by Crippen LogP contribution is -2.37. The summed E-state index contributed by atoms with van der Waals surface area (Å²) in [6, 6.07) is 0. The van der Waals surface area contributed by atoms with Gasteiger partial charge in [-0.3, -0.25) is 0 Å². The van der Waals surface area contributed by atoms with E-state index in [2.05, 4.69) is 54.2 Å². The van der Waals surface area contributed by atoms with Gasteiger partial charge in [0.25, 0.3) is 0 Å². The summed E-state index contributed by atoms with van der Waals surface area (Å²) in [5.41, 5.74) is 1.28. The van der Waals surface area contributed by atoms with Crippen LogP contribution in [0.3, 0.4) is 0 Å². The molecule has 4 saturated carbocycles. The zero-order valence-electron chi connectivity index (χ0n) is 17.0. The summed E-state index contributed by atoms with van der Waals surface area (Å²) in [6.07, 6.45) is 9.53. The van der Waals surface area contributed by atoms with Gasteiger partial charge in [0, 0.05) is 0 Å². The Labute approximate surface area is 151 Å². The molecule has 0 aromatic carbocycles. The van der Waals surface area contributed by atoms with Gasteiger partial charge in [-0.05, 0) is 59.2 Å². The Morgan fingerprint density at radius 1 is 0.792 bits per heavy atom. The highest BCUT2D eigenvalue weighted by Gasteiger charge is 2.64. The van der Waals surface area contributed by atoms with Gasteiger partial charge < -0.3 is 0 Å². The van der Waals surface area contributed by atoms with E-state index in [9.17, 15) is 0 Å². The van der Waals surface area contributed by atoms with Crippen LogP contribution >= 0.6 is 0 Å². The third kappa shape index (κ3) is 2.39. The second-order valence-corrected chi connectivity index (χ2v) is 11.5. The standard InChI is InChI=1S/C23H39B/c1-8-9-24(20-12-18-16(10-14(20)2)22(18,4)5)21-13-19-17(11-15(21)3)23(19,6)7/h8,14-21H,1,9-13H2,2-7H3/t14-,15-,16+,17+,18-,19-,20-,21-/m1/s1. The lowest BCUT2D eigenvalue weighted by atomic mass is 9.26. The molecule has 0 amide bonds. The Balaban J connectivity index is 1.53. The summed E-state index contributed by atoms with van der Waals surface area (Å²) in [4.78, 5) is 0. The molecule has 24 heavy (non-hydrogen) atoms. The van der Waals surface area contributed by atoms with E-state index in [1.807, 2.05) is 0 Å². The van der Waals surface area contributed by atoms with Crippen molar-refractivity contribution in [3.63, 3.8) is 0 Å². The van der Waals surface area contributed by atoms with Crippen molar-refractivity contribution in [3.8, 4) is 0 Å². The van der Waals surface area contributed by atoms with Crippen LogP contribution in [-0.2, 0) is 0 Å². The molecule has 4 aliphatic rings. The number of rotatable bonds is 4. The summed E-state index contributed by atoms with van der Waals surface area (Å²) in [5.74, 6) is 7.87. The molecule has 0 bridgehead atoms. The Hall–Kier alpha value is -0.195. The van der Waals surface area contributed by atoms with Crippen LogP contribution in [0.1, 0.15) is 67.2 Å². The molecule has 134 valence electrons. The van der Waals surface area contributed by atoms with Gasteiger partial charge in [0.05, 0.1) is 0 Å². The maximum absolute atomic E-state index is 4.16. The largest absolute Gasteiger partial charge is 0.150 e. The van der Waals surface area contributed by atoms with E-state index in [4.69, 9.17) is 0 Å². The number of hydrogen-bond donors (Lipinski definition) is 0. The molecular weight excluding hydrogens is 287 g/mol. The van der Waals surface area contributed by atoms with E-state index in [0.29, 0.717) is 10.8 Å². The first-order chi connectivity index (χ1) is 11.2. The van der Waals surface area contributed by atoms with Gasteiger partial charge in [-0.2, -0.15) is 0 Å². The van der Waals surface area contributed by atoms with Gasteiger partial charge in [0.1, 0.15) is 0 Å². The van der Waals surface area contributed by atoms with Crippen LogP contribution in [0.4, 0.5) is 0 Å². The van der Waals surface area contributed by atoms with Crippen molar-refractivity contribution >= 4 is 6.71 Å². The van der Waals surface area contributed by atoms with E-state index in [1.54, 1.807) is 0 Å². The highest BCUT2D eigenvalue weighted by atomic mass is 14.7. The minimum absolute atomic E-state index is 0.642. The van der Waals surface area contributed by atoms with Gasteiger partial charge in [-0.1, -0.05) is 78.4 Å².